The first-order chi connectivity index (χ1) is 19.4. The van der Waals surface area contributed by atoms with Crippen LogP contribution in [0.3, 0.4) is 0 Å². The number of nitrogens with one attached hydrogen (secondary N) is 2. The fraction of sp³-hybridized carbons (Fsp3) is 0.448. The van der Waals surface area contributed by atoms with Crippen LogP contribution in [0.2, 0.25) is 0 Å². The van der Waals surface area contributed by atoms with E-state index in [1.807, 2.05) is 32.9 Å². The summed E-state index contributed by atoms with van der Waals surface area (Å²) in [5.74, 6) is -0.519. The molecule has 0 bridgehead atoms. The highest BCUT2D eigenvalue weighted by Crippen LogP contribution is 2.35. The largest absolute Gasteiger partial charge is 0.428 e. The zero-order valence-electron chi connectivity index (χ0n) is 24.2. The van der Waals surface area contributed by atoms with Crippen LogP contribution in [-0.2, 0) is 9.57 Å². The molecule has 218 valence electrons. The molecular formula is C29H36FN7O4. The standard InChI is InChI=1S/C29H36FN7O4/c1-17-20(7-8-22(30)24(17)34-27(38)36-14-19(15-36)40-29(2,3)4)25-21-13-23(33-26(21)32-16-31-25)18-9-11-37(12-10-18)41-28(39)35(5)6/h7-9,13,16,19H,10-12,14-15H2,1-6H3,(H,34,38)(H,31,32,33). The Bertz CT molecular complexity index is 1500. The van der Waals surface area contributed by atoms with Gasteiger partial charge in [-0.05, 0) is 63.5 Å². The first-order valence-electron chi connectivity index (χ1n) is 13.6. The SMILES string of the molecule is Cc1c(-c2ncnc3[nH]c(C4=CCN(OC(=O)N(C)C)CC4)cc23)ccc(F)c1NC(=O)N1CC(OC(C)(C)C)C1. The van der Waals surface area contributed by atoms with Crippen LogP contribution in [0.1, 0.15) is 38.4 Å². The van der Waals surface area contributed by atoms with E-state index < -0.39 is 11.9 Å². The van der Waals surface area contributed by atoms with Crippen LogP contribution in [0.25, 0.3) is 27.9 Å². The van der Waals surface area contributed by atoms with Gasteiger partial charge in [-0.2, -0.15) is 0 Å². The summed E-state index contributed by atoms with van der Waals surface area (Å²) in [7, 11) is 3.28. The number of hydrogen-bond donors (Lipinski definition) is 2. The molecule has 0 spiro atoms. The summed E-state index contributed by atoms with van der Waals surface area (Å²) in [6.45, 7) is 9.61. The molecule has 2 aliphatic rings. The molecule has 1 aromatic carbocycles. The summed E-state index contributed by atoms with van der Waals surface area (Å²) in [6.07, 6.45) is 3.69. The molecule has 5 rings (SSSR count). The molecule has 4 heterocycles. The highest BCUT2D eigenvalue weighted by Gasteiger charge is 2.34. The number of likely N-dealkylation sites (tertiary alicyclic amines) is 1. The highest BCUT2D eigenvalue weighted by atomic mass is 19.1. The lowest BCUT2D eigenvalue weighted by Gasteiger charge is -2.41. The Morgan fingerprint density at radius 1 is 1.20 bits per heavy atom. The summed E-state index contributed by atoms with van der Waals surface area (Å²) >= 11 is 0. The van der Waals surface area contributed by atoms with Gasteiger partial charge >= 0.3 is 12.1 Å². The minimum atomic E-state index is -0.519. The van der Waals surface area contributed by atoms with E-state index in [0.717, 1.165) is 16.7 Å². The number of urea groups is 1. The predicted octanol–water partition coefficient (Wildman–Crippen LogP) is 4.81. The molecule has 0 saturated carbocycles. The second-order valence-corrected chi connectivity index (χ2v) is 11.6. The van der Waals surface area contributed by atoms with Crippen LogP contribution in [-0.4, -0.2) is 93.9 Å². The van der Waals surface area contributed by atoms with Gasteiger partial charge in [0, 0.05) is 37.3 Å². The number of hydroxylamine groups is 2. The number of halogens is 1. The van der Waals surface area contributed by atoms with Gasteiger partial charge in [0.05, 0.1) is 42.7 Å². The highest BCUT2D eigenvalue weighted by molar-refractivity contribution is 5.97. The van der Waals surface area contributed by atoms with Gasteiger partial charge in [0.25, 0.3) is 0 Å². The number of carbonyl (C=O) groups excluding carboxylic acids is 2. The van der Waals surface area contributed by atoms with Crippen molar-refractivity contribution >= 4 is 34.4 Å². The molecule has 2 N–H and O–H groups in total. The van der Waals surface area contributed by atoms with Gasteiger partial charge in [-0.25, -0.2) is 23.9 Å². The Morgan fingerprint density at radius 2 is 1.95 bits per heavy atom. The number of benzene rings is 1. The third-order valence-corrected chi connectivity index (χ3v) is 7.07. The third kappa shape index (κ3) is 6.18. The molecule has 3 amide bonds. The first kappa shape index (κ1) is 28.5. The quantitative estimate of drug-likeness (QED) is 0.456. The molecule has 0 aliphatic carbocycles. The van der Waals surface area contributed by atoms with Crippen molar-refractivity contribution in [2.75, 3.05) is 45.6 Å². The Kier molecular flexibility index (Phi) is 7.71. The van der Waals surface area contributed by atoms with E-state index in [1.165, 1.54) is 17.3 Å². The summed E-state index contributed by atoms with van der Waals surface area (Å²) in [5, 5.41) is 5.16. The van der Waals surface area contributed by atoms with Gasteiger partial charge in [-0.1, -0.05) is 6.08 Å². The number of aromatic amines is 1. The smallest absolute Gasteiger partial charge is 0.369 e. The minimum Gasteiger partial charge on any atom is -0.369 e. The summed E-state index contributed by atoms with van der Waals surface area (Å²) in [5.41, 5.74) is 4.32. The fourth-order valence-corrected chi connectivity index (χ4v) is 4.95. The molecule has 12 heteroatoms. The van der Waals surface area contributed by atoms with E-state index in [4.69, 9.17) is 9.57 Å². The summed E-state index contributed by atoms with van der Waals surface area (Å²) in [6, 6.07) is 4.62. The number of ether oxygens (including phenoxy) is 1. The average molecular weight is 566 g/mol. The molecule has 2 aromatic heterocycles. The van der Waals surface area contributed by atoms with Crippen molar-refractivity contribution in [3.05, 3.63) is 47.7 Å². The molecule has 0 unspecified atom stereocenters. The van der Waals surface area contributed by atoms with Crippen LogP contribution in [0, 0.1) is 12.7 Å². The molecule has 11 nitrogen and oxygen atoms in total. The van der Waals surface area contributed by atoms with Crippen LogP contribution in [0.4, 0.5) is 19.7 Å². The number of H-pyrrole nitrogens is 1. The maximum atomic E-state index is 15.0. The Morgan fingerprint density at radius 3 is 2.61 bits per heavy atom. The molecular weight excluding hydrogens is 529 g/mol. The molecule has 41 heavy (non-hydrogen) atoms. The topological polar surface area (TPSA) is 116 Å². The van der Waals surface area contributed by atoms with Gasteiger partial charge in [-0.15, -0.1) is 5.06 Å². The number of aromatic nitrogens is 3. The van der Waals surface area contributed by atoms with Crippen molar-refractivity contribution in [1.82, 2.24) is 29.8 Å². The van der Waals surface area contributed by atoms with Gasteiger partial charge in [0.2, 0.25) is 0 Å². The van der Waals surface area contributed by atoms with E-state index >= 15 is 0 Å². The third-order valence-electron chi connectivity index (χ3n) is 7.07. The van der Waals surface area contributed by atoms with Crippen LogP contribution < -0.4 is 5.32 Å². The second-order valence-electron chi connectivity index (χ2n) is 11.6. The fourth-order valence-electron chi connectivity index (χ4n) is 4.95. The van der Waals surface area contributed by atoms with Crippen molar-refractivity contribution in [2.24, 2.45) is 0 Å². The monoisotopic (exact) mass is 565 g/mol. The summed E-state index contributed by atoms with van der Waals surface area (Å²) < 4.78 is 20.9. The van der Waals surface area contributed by atoms with Gasteiger partial charge in [0.1, 0.15) is 17.8 Å². The zero-order valence-corrected chi connectivity index (χ0v) is 24.2. The maximum Gasteiger partial charge on any atom is 0.428 e. The number of rotatable bonds is 5. The Labute approximate surface area is 238 Å². The van der Waals surface area contributed by atoms with E-state index in [0.29, 0.717) is 55.1 Å². The van der Waals surface area contributed by atoms with E-state index in [1.54, 1.807) is 37.0 Å². The molecule has 2 aliphatic heterocycles. The molecule has 1 saturated heterocycles. The summed E-state index contributed by atoms with van der Waals surface area (Å²) in [4.78, 5) is 45.4. The lowest BCUT2D eigenvalue weighted by atomic mass is 10.0. The number of amides is 3. The molecule has 3 aromatic rings. The lowest BCUT2D eigenvalue weighted by molar-refractivity contribution is -0.110. The van der Waals surface area contributed by atoms with Crippen molar-refractivity contribution in [3.63, 3.8) is 0 Å². The molecule has 1 fully saturated rings. The van der Waals surface area contributed by atoms with Crippen molar-refractivity contribution in [1.29, 1.82) is 0 Å². The molecule has 0 radical (unpaired) electrons. The Balaban J connectivity index is 1.35. The number of fused-ring (bicyclic) bond motifs is 1. The normalized spacial score (nSPS) is 16.4. The molecule has 0 atom stereocenters. The van der Waals surface area contributed by atoms with Crippen LogP contribution >= 0.6 is 0 Å². The number of hydrogen-bond acceptors (Lipinski definition) is 7. The number of carbonyl (C=O) groups is 2. The van der Waals surface area contributed by atoms with Gasteiger partial charge < -0.3 is 29.7 Å². The van der Waals surface area contributed by atoms with Crippen molar-refractivity contribution in [3.8, 4) is 11.3 Å². The van der Waals surface area contributed by atoms with Crippen LogP contribution in [0.5, 0.6) is 0 Å². The average Bonchev–Trinajstić information content (AvgIpc) is 3.33. The van der Waals surface area contributed by atoms with Gasteiger partial charge in [-0.3, -0.25) is 0 Å². The van der Waals surface area contributed by atoms with Crippen molar-refractivity contribution < 1.29 is 23.6 Å². The van der Waals surface area contributed by atoms with E-state index in [9.17, 15) is 14.0 Å². The van der Waals surface area contributed by atoms with E-state index in [-0.39, 0.29) is 23.4 Å². The van der Waals surface area contributed by atoms with Crippen LogP contribution in [0.15, 0.2) is 30.6 Å². The predicted molar refractivity (Wildman–Crippen MR) is 154 cm³/mol. The minimum absolute atomic E-state index is 0.0365. The number of nitrogens with zero attached hydrogens (tertiary/aromatic N) is 5. The maximum absolute atomic E-state index is 15.0. The first-order valence-corrected chi connectivity index (χ1v) is 13.6. The number of anilines is 1. The van der Waals surface area contributed by atoms with Crippen molar-refractivity contribution in [2.45, 2.75) is 45.8 Å². The zero-order chi connectivity index (χ0) is 29.5. The Hall–Kier alpha value is -4.03. The van der Waals surface area contributed by atoms with Gasteiger partial charge in [0.15, 0.2) is 0 Å². The van der Waals surface area contributed by atoms with E-state index in [2.05, 4.69) is 20.3 Å². The second kappa shape index (κ2) is 11.1. The lowest BCUT2D eigenvalue weighted by Crippen LogP contribution is -2.57.